The number of nitrogens with zero attached hydrogens (tertiary/aromatic N) is 1. The van der Waals surface area contributed by atoms with Gasteiger partial charge in [-0.3, -0.25) is 0 Å². The minimum Gasteiger partial charge on any atom is -0.391 e. The minimum atomic E-state index is -0.351. The van der Waals surface area contributed by atoms with Gasteiger partial charge in [-0.2, -0.15) is 0 Å². The van der Waals surface area contributed by atoms with Crippen molar-refractivity contribution in [2.45, 2.75) is 19.1 Å². The number of hydrogen-bond acceptors (Lipinski definition) is 4. The number of benzene rings is 1. The first kappa shape index (κ1) is 12.2. The van der Waals surface area contributed by atoms with Crippen LogP contribution in [0.5, 0.6) is 0 Å². The fourth-order valence-electron chi connectivity index (χ4n) is 1.65. The summed E-state index contributed by atoms with van der Waals surface area (Å²) in [4.78, 5) is 4.17. The molecule has 0 spiro atoms. The molecule has 90 valence electrons. The van der Waals surface area contributed by atoms with Crippen LogP contribution in [0, 0.1) is 0 Å². The van der Waals surface area contributed by atoms with Crippen molar-refractivity contribution in [3.63, 3.8) is 0 Å². The van der Waals surface area contributed by atoms with E-state index in [4.69, 9.17) is 0 Å². The molecule has 1 aromatic heterocycles. The van der Waals surface area contributed by atoms with Gasteiger partial charge in [-0.25, -0.2) is 4.98 Å². The molecule has 0 fully saturated rings. The first-order valence-electron chi connectivity index (χ1n) is 5.64. The van der Waals surface area contributed by atoms with Gasteiger partial charge in [0.1, 0.15) is 0 Å². The van der Waals surface area contributed by atoms with E-state index >= 15 is 0 Å². The van der Waals surface area contributed by atoms with Crippen LogP contribution in [0.4, 0.5) is 0 Å². The molecule has 17 heavy (non-hydrogen) atoms. The molecule has 0 radical (unpaired) electrons. The van der Waals surface area contributed by atoms with Crippen molar-refractivity contribution in [2.24, 2.45) is 0 Å². The average Bonchev–Trinajstić information content (AvgIpc) is 2.83. The Kier molecular flexibility index (Phi) is 4.67. The van der Waals surface area contributed by atoms with E-state index in [9.17, 15) is 5.11 Å². The highest BCUT2D eigenvalue weighted by atomic mass is 32.1. The molecule has 1 unspecified atom stereocenters. The summed E-state index contributed by atoms with van der Waals surface area (Å²) < 4.78 is 0. The van der Waals surface area contributed by atoms with Gasteiger partial charge in [0.15, 0.2) is 0 Å². The number of thiazole rings is 1. The smallest absolute Gasteiger partial charge is 0.0795 e. The lowest BCUT2D eigenvalue weighted by atomic mass is 10.1. The summed E-state index contributed by atoms with van der Waals surface area (Å²) in [6.07, 6.45) is 0.335. The van der Waals surface area contributed by atoms with Crippen LogP contribution in [0.2, 0.25) is 0 Å². The Balaban J connectivity index is 1.69. The van der Waals surface area contributed by atoms with Crippen LogP contribution >= 0.6 is 11.3 Å². The fourth-order valence-corrected chi connectivity index (χ4v) is 2.21. The molecule has 1 heterocycles. The van der Waals surface area contributed by atoms with E-state index in [2.05, 4.69) is 10.3 Å². The third kappa shape index (κ3) is 4.26. The molecular formula is C13H16N2OS. The summed E-state index contributed by atoms with van der Waals surface area (Å²) in [7, 11) is 0. The van der Waals surface area contributed by atoms with E-state index in [1.165, 1.54) is 0 Å². The van der Waals surface area contributed by atoms with E-state index in [1.807, 2.05) is 41.2 Å². The summed E-state index contributed by atoms with van der Waals surface area (Å²) >= 11 is 1.59. The molecule has 0 bridgehead atoms. The van der Waals surface area contributed by atoms with Crippen molar-refractivity contribution < 1.29 is 5.11 Å². The molecular weight excluding hydrogens is 232 g/mol. The van der Waals surface area contributed by atoms with Crippen LogP contribution in [0.15, 0.2) is 41.2 Å². The Bertz CT molecular complexity index is 416. The standard InChI is InChI=1S/C13H16N2OS/c16-13(6-11-4-2-1-3-5-11)8-14-7-12-9-17-10-15-12/h1-5,9-10,13-14,16H,6-8H2. The fraction of sp³-hybridized carbons (Fsp3) is 0.308. The highest BCUT2D eigenvalue weighted by molar-refractivity contribution is 7.07. The van der Waals surface area contributed by atoms with Crippen molar-refractivity contribution in [2.75, 3.05) is 6.54 Å². The van der Waals surface area contributed by atoms with Crippen molar-refractivity contribution in [3.05, 3.63) is 52.5 Å². The first-order chi connectivity index (χ1) is 8.34. The van der Waals surface area contributed by atoms with Crippen molar-refractivity contribution in [1.82, 2.24) is 10.3 Å². The molecule has 2 N–H and O–H groups in total. The van der Waals surface area contributed by atoms with Crippen molar-refractivity contribution in [3.8, 4) is 0 Å². The monoisotopic (exact) mass is 248 g/mol. The van der Waals surface area contributed by atoms with Crippen LogP contribution in [-0.2, 0) is 13.0 Å². The lowest BCUT2D eigenvalue weighted by molar-refractivity contribution is 0.171. The van der Waals surface area contributed by atoms with Crippen molar-refractivity contribution >= 4 is 11.3 Å². The van der Waals surface area contributed by atoms with Crippen LogP contribution in [0.1, 0.15) is 11.3 Å². The topological polar surface area (TPSA) is 45.1 Å². The number of aliphatic hydroxyl groups is 1. The van der Waals surface area contributed by atoms with Crippen LogP contribution in [0.25, 0.3) is 0 Å². The van der Waals surface area contributed by atoms with Gasteiger partial charge in [0.25, 0.3) is 0 Å². The largest absolute Gasteiger partial charge is 0.391 e. The van der Waals surface area contributed by atoms with Gasteiger partial charge in [-0.15, -0.1) is 11.3 Å². The SMILES string of the molecule is OC(CNCc1cscn1)Cc1ccccc1. The van der Waals surface area contributed by atoms with Crippen LogP contribution in [0.3, 0.4) is 0 Å². The van der Waals surface area contributed by atoms with Gasteiger partial charge >= 0.3 is 0 Å². The lowest BCUT2D eigenvalue weighted by Crippen LogP contribution is -2.28. The quantitative estimate of drug-likeness (QED) is 0.820. The molecule has 2 rings (SSSR count). The maximum absolute atomic E-state index is 9.85. The molecule has 0 saturated carbocycles. The van der Waals surface area contributed by atoms with Crippen molar-refractivity contribution in [1.29, 1.82) is 0 Å². The Morgan fingerprint density at radius 1 is 1.29 bits per heavy atom. The maximum atomic E-state index is 9.85. The van der Waals surface area contributed by atoms with Gasteiger partial charge in [0.05, 0.1) is 17.3 Å². The minimum absolute atomic E-state index is 0.351. The number of rotatable bonds is 6. The maximum Gasteiger partial charge on any atom is 0.0795 e. The summed E-state index contributed by atoms with van der Waals surface area (Å²) in [5.41, 5.74) is 4.01. The van der Waals surface area contributed by atoms with E-state index in [1.54, 1.807) is 11.3 Å². The molecule has 0 aliphatic carbocycles. The third-order valence-electron chi connectivity index (χ3n) is 2.48. The number of hydrogen-bond donors (Lipinski definition) is 2. The second-order valence-electron chi connectivity index (χ2n) is 3.95. The third-order valence-corrected chi connectivity index (χ3v) is 3.12. The molecule has 0 aliphatic heterocycles. The molecule has 0 amide bonds. The molecule has 0 saturated heterocycles. The Morgan fingerprint density at radius 2 is 2.12 bits per heavy atom. The van der Waals surface area contributed by atoms with Crippen LogP contribution in [-0.4, -0.2) is 22.7 Å². The summed E-state index contributed by atoms with van der Waals surface area (Å²) in [6, 6.07) is 10.0. The van der Waals surface area contributed by atoms with Gasteiger partial charge < -0.3 is 10.4 Å². The van der Waals surface area contributed by atoms with E-state index < -0.39 is 0 Å². The Morgan fingerprint density at radius 3 is 2.82 bits per heavy atom. The van der Waals surface area contributed by atoms with E-state index in [-0.39, 0.29) is 6.10 Å². The first-order valence-corrected chi connectivity index (χ1v) is 6.58. The van der Waals surface area contributed by atoms with Crippen LogP contribution < -0.4 is 5.32 Å². The molecule has 2 aromatic rings. The number of nitrogens with one attached hydrogen (secondary N) is 1. The highest BCUT2D eigenvalue weighted by Crippen LogP contribution is 2.03. The number of aromatic nitrogens is 1. The van der Waals surface area contributed by atoms with Gasteiger partial charge in [-0.1, -0.05) is 30.3 Å². The van der Waals surface area contributed by atoms with E-state index in [0.29, 0.717) is 13.0 Å². The second kappa shape index (κ2) is 6.49. The lowest BCUT2D eigenvalue weighted by Gasteiger charge is -2.11. The Labute approximate surface area is 105 Å². The van der Waals surface area contributed by atoms with Gasteiger partial charge in [0.2, 0.25) is 0 Å². The molecule has 3 nitrogen and oxygen atoms in total. The van der Waals surface area contributed by atoms with Gasteiger partial charge in [0, 0.05) is 18.5 Å². The molecule has 4 heteroatoms. The average molecular weight is 248 g/mol. The van der Waals surface area contributed by atoms with Gasteiger partial charge in [-0.05, 0) is 12.0 Å². The predicted octanol–water partition coefficient (Wildman–Crippen LogP) is 1.84. The predicted molar refractivity (Wildman–Crippen MR) is 70.0 cm³/mol. The highest BCUT2D eigenvalue weighted by Gasteiger charge is 2.05. The summed E-state index contributed by atoms with van der Waals surface area (Å²) in [5, 5.41) is 15.1. The summed E-state index contributed by atoms with van der Waals surface area (Å²) in [5.74, 6) is 0. The summed E-state index contributed by atoms with van der Waals surface area (Å²) in [6.45, 7) is 1.31. The molecule has 0 aliphatic rings. The second-order valence-corrected chi connectivity index (χ2v) is 4.67. The number of aliphatic hydroxyl groups excluding tert-OH is 1. The molecule has 1 atom stereocenters. The van der Waals surface area contributed by atoms with E-state index in [0.717, 1.165) is 17.8 Å². The zero-order valence-electron chi connectivity index (χ0n) is 9.54. The zero-order chi connectivity index (χ0) is 11.9. The molecule has 1 aromatic carbocycles. The zero-order valence-corrected chi connectivity index (χ0v) is 10.4. The Hall–Kier alpha value is -1.23. The normalized spacial score (nSPS) is 12.5.